The smallest absolute Gasteiger partial charge is 0.343 e. The predicted molar refractivity (Wildman–Crippen MR) is 111 cm³/mol. The molecule has 0 radical (unpaired) electrons. The Kier molecular flexibility index (Phi) is 7.08. The van der Waals surface area contributed by atoms with Gasteiger partial charge >= 0.3 is 6.18 Å². The number of aromatic nitrogens is 4. The van der Waals surface area contributed by atoms with E-state index in [2.05, 4.69) is 20.7 Å². The van der Waals surface area contributed by atoms with Gasteiger partial charge in [-0.1, -0.05) is 24.6 Å². The summed E-state index contributed by atoms with van der Waals surface area (Å²) in [4.78, 5) is 25.9. The number of halogens is 4. The highest BCUT2D eigenvalue weighted by Crippen LogP contribution is 2.20. The van der Waals surface area contributed by atoms with Crippen LogP contribution in [0.25, 0.3) is 11.4 Å². The Balaban J connectivity index is 1.70. The minimum Gasteiger partial charge on any atom is -0.343 e. The Morgan fingerprint density at radius 1 is 1.16 bits per heavy atom. The van der Waals surface area contributed by atoms with Crippen molar-refractivity contribution >= 4 is 29.1 Å². The number of carbonyl (C=O) groups is 2. The zero-order valence-electron chi connectivity index (χ0n) is 16.7. The van der Waals surface area contributed by atoms with Crippen molar-refractivity contribution in [2.75, 3.05) is 11.9 Å². The highest BCUT2D eigenvalue weighted by atomic mass is 35.5. The molecular weight excluding hydrogens is 449 g/mol. The minimum atomic E-state index is -4.52. The van der Waals surface area contributed by atoms with Gasteiger partial charge in [-0.25, -0.2) is 0 Å². The molecule has 8 nitrogen and oxygen atoms in total. The molecule has 1 heterocycles. The zero-order chi connectivity index (χ0) is 23.3. The number of alkyl halides is 3. The summed E-state index contributed by atoms with van der Waals surface area (Å²) in [7, 11) is 0. The number of tetrazole rings is 1. The van der Waals surface area contributed by atoms with Crippen LogP contribution >= 0.6 is 11.6 Å². The van der Waals surface area contributed by atoms with Gasteiger partial charge < -0.3 is 10.6 Å². The van der Waals surface area contributed by atoms with Gasteiger partial charge in [0.1, 0.15) is 6.54 Å². The fraction of sp³-hybridized carbons (Fsp3) is 0.250. The molecule has 0 bridgehead atoms. The van der Waals surface area contributed by atoms with Gasteiger partial charge in [-0.05, 0) is 54.1 Å². The molecule has 1 unspecified atom stereocenters. The number of amides is 2. The van der Waals surface area contributed by atoms with Crippen LogP contribution in [-0.2, 0) is 4.79 Å². The van der Waals surface area contributed by atoms with Crippen molar-refractivity contribution in [2.45, 2.75) is 25.6 Å². The summed E-state index contributed by atoms with van der Waals surface area (Å²) < 4.78 is 36.9. The largest absolute Gasteiger partial charge is 0.405 e. The van der Waals surface area contributed by atoms with Gasteiger partial charge in [0, 0.05) is 21.8 Å². The Labute approximate surface area is 185 Å². The molecule has 0 aliphatic heterocycles. The highest BCUT2D eigenvalue weighted by molar-refractivity contribution is 6.30. The van der Waals surface area contributed by atoms with E-state index >= 15 is 0 Å². The fourth-order valence-electron chi connectivity index (χ4n) is 2.77. The molecule has 1 aromatic heterocycles. The van der Waals surface area contributed by atoms with E-state index in [4.69, 9.17) is 11.6 Å². The Hall–Kier alpha value is -3.47. The summed E-state index contributed by atoms with van der Waals surface area (Å²) in [5.74, 6) is -1.06. The first-order valence-corrected chi connectivity index (χ1v) is 9.85. The van der Waals surface area contributed by atoms with E-state index in [0.717, 1.165) is 0 Å². The van der Waals surface area contributed by atoms with Crippen molar-refractivity contribution in [2.24, 2.45) is 0 Å². The second-order valence-corrected chi connectivity index (χ2v) is 7.17. The average molecular weight is 467 g/mol. The maximum atomic E-state index is 12.8. The van der Waals surface area contributed by atoms with Crippen LogP contribution in [0.4, 0.5) is 18.9 Å². The molecule has 0 fully saturated rings. The molecule has 0 aliphatic rings. The van der Waals surface area contributed by atoms with Crippen LogP contribution < -0.4 is 10.6 Å². The van der Waals surface area contributed by atoms with E-state index < -0.39 is 30.6 Å². The second kappa shape index (κ2) is 9.77. The Bertz CT molecular complexity index is 1100. The Morgan fingerprint density at radius 3 is 2.53 bits per heavy atom. The topological polar surface area (TPSA) is 102 Å². The van der Waals surface area contributed by atoms with E-state index in [-0.39, 0.29) is 11.3 Å². The molecule has 2 amide bonds. The lowest BCUT2D eigenvalue weighted by Crippen LogP contribution is -2.33. The first-order valence-electron chi connectivity index (χ1n) is 9.47. The van der Waals surface area contributed by atoms with Crippen molar-refractivity contribution in [3.8, 4) is 11.4 Å². The van der Waals surface area contributed by atoms with Gasteiger partial charge in [0.05, 0.1) is 0 Å². The first-order chi connectivity index (χ1) is 15.2. The third kappa shape index (κ3) is 6.03. The molecule has 2 N–H and O–H groups in total. The number of nitrogens with one attached hydrogen (secondary N) is 2. The number of anilines is 1. The molecule has 1 atom stereocenters. The summed E-state index contributed by atoms with van der Waals surface area (Å²) >= 11 is 5.87. The summed E-state index contributed by atoms with van der Waals surface area (Å²) in [6, 6.07) is 11.6. The number of hydrogen-bond acceptors (Lipinski definition) is 5. The molecule has 3 rings (SSSR count). The highest BCUT2D eigenvalue weighted by Gasteiger charge is 2.28. The minimum absolute atomic E-state index is 0.0241. The van der Waals surface area contributed by atoms with Gasteiger partial charge in [0.25, 0.3) is 11.8 Å². The quantitative estimate of drug-likeness (QED) is 0.550. The number of rotatable bonds is 7. The van der Waals surface area contributed by atoms with Gasteiger partial charge in [-0.3, -0.25) is 9.59 Å². The Morgan fingerprint density at radius 2 is 1.88 bits per heavy atom. The van der Waals surface area contributed by atoms with Crippen molar-refractivity contribution in [3.63, 3.8) is 0 Å². The van der Waals surface area contributed by atoms with Crippen LogP contribution in [0.1, 0.15) is 29.7 Å². The first kappa shape index (κ1) is 23.2. The number of benzene rings is 2. The molecule has 0 saturated heterocycles. The molecule has 0 aliphatic carbocycles. The van der Waals surface area contributed by atoms with E-state index in [9.17, 15) is 22.8 Å². The van der Waals surface area contributed by atoms with Crippen molar-refractivity contribution < 1.29 is 22.8 Å². The van der Waals surface area contributed by atoms with Crippen LogP contribution in [0.5, 0.6) is 0 Å². The number of hydrogen-bond donors (Lipinski definition) is 2. The molecule has 0 saturated carbocycles. The SMILES string of the molecule is CCC(C(=O)Nc1cccc(C(=O)NCC(F)(F)F)c1)n1nnc(-c2ccc(Cl)cc2)n1. The maximum Gasteiger partial charge on any atom is 0.405 e. The number of nitrogens with zero attached hydrogens (tertiary/aromatic N) is 4. The number of carbonyl (C=O) groups excluding carboxylic acids is 2. The van der Waals surface area contributed by atoms with E-state index in [0.29, 0.717) is 22.8 Å². The lowest BCUT2D eigenvalue weighted by Gasteiger charge is -2.14. The van der Waals surface area contributed by atoms with Crippen molar-refractivity contribution in [1.82, 2.24) is 25.5 Å². The monoisotopic (exact) mass is 466 g/mol. The van der Waals surface area contributed by atoms with Gasteiger partial charge in [0.2, 0.25) is 5.82 Å². The third-order valence-corrected chi connectivity index (χ3v) is 4.59. The van der Waals surface area contributed by atoms with Gasteiger partial charge in [-0.15, -0.1) is 10.2 Å². The second-order valence-electron chi connectivity index (χ2n) is 6.73. The summed E-state index contributed by atoms with van der Waals surface area (Å²) in [6.07, 6.45) is -4.18. The predicted octanol–water partition coefficient (Wildman–Crippen LogP) is 3.88. The molecule has 168 valence electrons. The third-order valence-electron chi connectivity index (χ3n) is 4.34. The van der Waals surface area contributed by atoms with Gasteiger partial charge in [0.15, 0.2) is 6.04 Å². The lowest BCUT2D eigenvalue weighted by molar-refractivity contribution is -0.123. The molecule has 2 aromatic carbocycles. The molecule has 12 heteroatoms. The van der Waals surface area contributed by atoms with Crippen LogP contribution in [-0.4, -0.2) is 44.7 Å². The summed E-state index contributed by atoms with van der Waals surface area (Å²) in [5.41, 5.74) is 0.892. The lowest BCUT2D eigenvalue weighted by atomic mass is 10.1. The normalized spacial score (nSPS) is 12.3. The van der Waals surface area contributed by atoms with Crippen molar-refractivity contribution in [3.05, 3.63) is 59.1 Å². The van der Waals surface area contributed by atoms with Crippen LogP contribution in [0.15, 0.2) is 48.5 Å². The van der Waals surface area contributed by atoms with Crippen LogP contribution in [0.3, 0.4) is 0 Å². The summed E-state index contributed by atoms with van der Waals surface area (Å²) in [5, 5.41) is 17.1. The van der Waals surface area contributed by atoms with E-state index in [1.165, 1.54) is 29.1 Å². The van der Waals surface area contributed by atoms with Gasteiger partial charge in [-0.2, -0.15) is 18.0 Å². The van der Waals surface area contributed by atoms with Crippen LogP contribution in [0, 0.1) is 0 Å². The maximum absolute atomic E-state index is 12.8. The van der Waals surface area contributed by atoms with Crippen molar-refractivity contribution in [1.29, 1.82) is 0 Å². The molecule has 3 aromatic rings. The van der Waals surface area contributed by atoms with E-state index in [1.54, 1.807) is 36.5 Å². The average Bonchev–Trinajstić information content (AvgIpc) is 3.22. The molecular formula is C20H18ClF3N6O2. The standard InChI is InChI=1S/C20H18ClF3N6O2/c1-2-16(30-28-17(27-29-30)12-6-8-14(21)9-7-12)19(32)26-15-5-3-4-13(10-15)18(31)25-11-20(22,23)24/h3-10,16H,2,11H2,1H3,(H,25,31)(H,26,32). The van der Waals surface area contributed by atoms with Crippen LogP contribution in [0.2, 0.25) is 5.02 Å². The van der Waals surface area contributed by atoms with E-state index in [1.807, 2.05) is 0 Å². The molecule has 0 spiro atoms. The zero-order valence-corrected chi connectivity index (χ0v) is 17.5. The fourth-order valence-corrected chi connectivity index (χ4v) is 2.90. The molecule has 32 heavy (non-hydrogen) atoms. The summed E-state index contributed by atoms with van der Waals surface area (Å²) in [6.45, 7) is 0.310.